The molecule has 1 saturated carbocycles. The van der Waals surface area contributed by atoms with Crippen LogP contribution in [-0.2, 0) is 12.0 Å². The summed E-state index contributed by atoms with van der Waals surface area (Å²) in [7, 11) is 4.21. The first kappa shape index (κ1) is 15.8. The van der Waals surface area contributed by atoms with Crippen molar-refractivity contribution >= 4 is 16.5 Å². The molecule has 0 spiro atoms. The average molecular weight is 295 g/mol. The molecule has 0 aromatic carbocycles. The fourth-order valence-electron chi connectivity index (χ4n) is 3.03. The second-order valence-corrected chi connectivity index (χ2v) is 8.14. The minimum atomic E-state index is 0.120. The van der Waals surface area contributed by atoms with Crippen molar-refractivity contribution in [1.82, 2.24) is 10.3 Å². The Morgan fingerprint density at radius 3 is 2.50 bits per heavy atom. The van der Waals surface area contributed by atoms with Crippen molar-refractivity contribution in [3.05, 3.63) is 10.6 Å². The lowest BCUT2D eigenvalue weighted by Crippen LogP contribution is -2.24. The van der Waals surface area contributed by atoms with E-state index in [1.165, 1.54) is 41.4 Å². The summed E-state index contributed by atoms with van der Waals surface area (Å²) in [6, 6.07) is 0. The Hall–Kier alpha value is -0.610. The maximum Gasteiger partial charge on any atom is 0.185 e. The summed E-state index contributed by atoms with van der Waals surface area (Å²) in [5, 5.41) is 4.46. The first-order chi connectivity index (χ1) is 9.41. The van der Waals surface area contributed by atoms with Crippen LogP contribution in [0.5, 0.6) is 0 Å². The van der Waals surface area contributed by atoms with Gasteiger partial charge in [-0.2, -0.15) is 0 Å². The quantitative estimate of drug-likeness (QED) is 0.896. The second kappa shape index (κ2) is 6.44. The fraction of sp³-hybridized carbons (Fsp3) is 0.812. The van der Waals surface area contributed by atoms with Crippen LogP contribution in [-0.4, -0.2) is 25.6 Å². The number of aromatic nitrogens is 1. The van der Waals surface area contributed by atoms with Gasteiger partial charge >= 0.3 is 0 Å². The average Bonchev–Trinajstić information content (AvgIpc) is 2.97. The fourth-order valence-corrected chi connectivity index (χ4v) is 4.28. The van der Waals surface area contributed by atoms with E-state index in [1.807, 2.05) is 18.4 Å². The molecular formula is C16H29N3S. The first-order valence-corrected chi connectivity index (χ1v) is 8.59. The van der Waals surface area contributed by atoms with E-state index < -0.39 is 0 Å². The Bertz CT molecular complexity index is 427. The molecule has 1 N–H and O–H groups in total. The van der Waals surface area contributed by atoms with Crippen molar-refractivity contribution < 1.29 is 0 Å². The van der Waals surface area contributed by atoms with E-state index >= 15 is 0 Å². The highest BCUT2D eigenvalue weighted by Crippen LogP contribution is 2.34. The molecule has 4 heteroatoms. The van der Waals surface area contributed by atoms with Crippen LogP contribution in [0.2, 0.25) is 0 Å². The number of nitrogens with zero attached hydrogens (tertiary/aromatic N) is 2. The van der Waals surface area contributed by atoms with Gasteiger partial charge in [-0.25, -0.2) is 4.98 Å². The van der Waals surface area contributed by atoms with Gasteiger partial charge in [-0.05, 0) is 25.8 Å². The van der Waals surface area contributed by atoms with Gasteiger partial charge in [-0.3, -0.25) is 0 Å². The minimum absolute atomic E-state index is 0.120. The van der Waals surface area contributed by atoms with Crippen molar-refractivity contribution in [2.75, 3.05) is 25.5 Å². The van der Waals surface area contributed by atoms with Crippen molar-refractivity contribution in [3.63, 3.8) is 0 Å². The number of hydrogen-bond donors (Lipinski definition) is 1. The lowest BCUT2D eigenvalue weighted by Gasteiger charge is -2.20. The topological polar surface area (TPSA) is 28.2 Å². The van der Waals surface area contributed by atoms with Crippen LogP contribution >= 0.6 is 11.3 Å². The van der Waals surface area contributed by atoms with E-state index in [0.29, 0.717) is 0 Å². The van der Waals surface area contributed by atoms with E-state index in [4.69, 9.17) is 4.98 Å². The van der Waals surface area contributed by atoms with Gasteiger partial charge in [-0.15, -0.1) is 11.3 Å². The van der Waals surface area contributed by atoms with Gasteiger partial charge in [-0.1, -0.05) is 33.6 Å². The molecule has 1 fully saturated rings. The first-order valence-electron chi connectivity index (χ1n) is 7.77. The van der Waals surface area contributed by atoms with Gasteiger partial charge in [0.15, 0.2) is 5.13 Å². The van der Waals surface area contributed by atoms with Crippen LogP contribution < -0.4 is 10.2 Å². The summed E-state index contributed by atoms with van der Waals surface area (Å²) in [5.74, 6) is 0.870. The Kier molecular flexibility index (Phi) is 5.08. The van der Waals surface area contributed by atoms with Crippen LogP contribution in [0.3, 0.4) is 0 Å². The normalized spacial score (nSPS) is 16.9. The predicted octanol–water partition coefficient (Wildman–Crippen LogP) is 3.79. The smallest absolute Gasteiger partial charge is 0.185 e. The van der Waals surface area contributed by atoms with Crippen LogP contribution in [0.1, 0.15) is 57.0 Å². The highest BCUT2D eigenvalue weighted by atomic mass is 32.1. The van der Waals surface area contributed by atoms with E-state index in [-0.39, 0.29) is 5.41 Å². The molecule has 0 unspecified atom stereocenters. The molecule has 0 atom stereocenters. The number of anilines is 1. The molecule has 1 aliphatic rings. The zero-order valence-electron chi connectivity index (χ0n) is 13.6. The molecule has 20 heavy (non-hydrogen) atoms. The van der Waals surface area contributed by atoms with Crippen molar-refractivity contribution in [1.29, 1.82) is 0 Å². The summed E-state index contributed by atoms with van der Waals surface area (Å²) in [5.41, 5.74) is 1.37. The summed E-state index contributed by atoms with van der Waals surface area (Å²) in [6.45, 7) is 8.84. The number of rotatable bonds is 5. The van der Waals surface area contributed by atoms with Crippen LogP contribution in [0.25, 0.3) is 0 Å². The van der Waals surface area contributed by atoms with Gasteiger partial charge in [0.1, 0.15) is 0 Å². The van der Waals surface area contributed by atoms with Gasteiger partial charge in [0.2, 0.25) is 0 Å². The summed E-state index contributed by atoms with van der Waals surface area (Å²) >= 11 is 1.85. The molecule has 0 aliphatic heterocycles. The van der Waals surface area contributed by atoms with Crippen molar-refractivity contribution in [2.45, 2.75) is 58.4 Å². The van der Waals surface area contributed by atoms with E-state index in [1.54, 1.807) is 0 Å². The molecule has 2 rings (SSSR count). The molecule has 114 valence electrons. The Labute approximate surface area is 127 Å². The van der Waals surface area contributed by atoms with Crippen LogP contribution in [0.15, 0.2) is 0 Å². The standard InChI is InChI=1S/C16H29N3S/c1-16(2,3)14-13(10-17-4)20-15(18-14)19(5)11-12-8-6-7-9-12/h12,17H,6-11H2,1-5H3. The summed E-state index contributed by atoms with van der Waals surface area (Å²) in [6.07, 6.45) is 5.61. The lowest BCUT2D eigenvalue weighted by atomic mass is 9.91. The molecule has 0 bridgehead atoms. The number of thiazole rings is 1. The van der Waals surface area contributed by atoms with Crippen LogP contribution in [0.4, 0.5) is 5.13 Å². The maximum atomic E-state index is 4.95. The highest BCUT2D eigenvalue weighted by molar-refractivity contribution is 7.15. The maximum absolute atomic E-state index is 4.95. The minimum Gasteiger partial charge on any atom is -0.351 e. The molecule has 3 nitrogen and oxygen atoms in total. The highest BCUT2D eigenvalue weighted by Gasteiger charge is 2.25. The Morgan fingerprint density at radius 2 is 1.95 bits per heavy atom. The zero-order valence-corrected chi connectivity index (χ0v) is 14.4. The largest absolute Gasteiger partial charge is 0.351 e. The van der Waals surface area contributed by atoms with E-state index in [0.717, 1.165) is 19.0 Å². The van der Waals surface area contributed by atoms with Crippen molar-refractivity contribution in [3.8, 4) is 0 Å². The Morgan fingerprint density at radius 1 is 1.30 bits per heavy atom. The number of hydrogen-bond acceptors (Lipinski definition) is 4. The van der Waals surface area contributed by atoms with Crippen LogP contribution in [0, 0.1) is 5.92 Å². The van der Waals surface area contributed by atoms with Gasteiger partial charge in [0.05, 0.1) is 5.69 Å². The molecule has 1 aromatic rings. The molecule has 0 amide bonds. The molecule has 0 radical (unpaired) electrons. The third-order valence-electron chi connectivity index (χ3n) is 4.07. The van der Waals surface area contributed by atoms with Gasteiger partial charge in [0.25, 0.3) is 0 Å². The SMILES string of the molecule is CNCc1sc(N(C)CC2CCCC2)nc1C(C)(C)C. The van der Waals surface area contributed by atoms with E-state index in [9.17, 15) is 0 Å². The predicted molar refractivity (Wildman–Crippen MR) is 88.8 cm³/mol. The third kappa shape index (κ3) is 3.73. The molecule has 1 heterocycles. The van der Waals surface area contributed by atoms with E-state index in [2.05, 4.69) is 38.0 Å². The lowest BCUT2D eigenvalue weighted by molar-refractivity contribution is 0.542. The second-order valence-electron chi connectivity index (χ2n) is 7.08. The number of nitrogens with one attached hydrogen (secondary N) is 1. The third-order valence-corrected chi connectivity index (χ3v) is 5.24. The summed E-state index contributed by atoms with van der Waals surface area (Å²) < 4.78 is 0. The summed E-state index contributed by atoms with van der Waals surface area (Å²) in [4.78, 5) is 8.70. The Balaban J connectivity index is 2.14. The molecule has 1 aromatic heterocycles. The van der Waals surface area contributed by atoms with Gasteiger partial charge in [0, 0.05) is 30.4 Å². The zero-order chi connectivity index (χ0) is 14.8. The van der Waals surface area contributed by atoms with Crippen molar-refractivity contribution in [2.24, 2.45) is 5.92 Å². The monoisotopic (exact) mass is 295 g/mol. The molecular weight excluding hydrogens is 266 g/mol. The van der Waals surface area contributed by atoms with Gasteiger partial charge < -0.3 is 10.2 Å². The molecule has 1 aliphatic carbocycles. The molecule has 0 saturated heterocycles.